The molecule has 0 fully saturated rings. The summed E-state index contributed by atoms with van der Waals surface area (Å²) < 4.78 is 0. The third-order valence-corrected chi connectivity index (χ3v) is 2.80. The minimum absolute atomic E-state index is 0.567. The molecule has 1 aliphatic rings. The quantitative estimate of drug-likeness (QED) is 0.784. The molecule has 0 saturated heterocycles. The van der Waals surface area contributed by atoms with Gasteiger partial charge >= 0.3 is 0 Å². The zero-order chi connectivity index (χ0) is 11.6. The molecule has 0 radical (unpaired) electrons. The van der Waals surface area contributed by atoms with Crippen molar-refractivity contribution in [3.05, 3.63) is 72.5 Å². The minimum Gasteiger partial charge on any atom is -0.264 e. The molecule has 4 nitrogen and oxygen atoms in total. The molecule has 0 saturated carbocycles. The fraction of sp³-hybridized carbons (Fsp3) is 0.0769. The lowest BCUT2D eigenvalue weighted by Gasteiger charge is -2.22. The molecule has 82 valence electrons. The number of hydrogen-bond donors (Lipinski definition) is 0. The standard InChI is InChI=1S/C13H10N4/c1-3-11(9-14-6-1)13(5-8-16-17-13)12-4-2-7-15-10-12/h1-10H. The zero-order valence-corrected chi connectivity index (χ0v) is 9.06. The Morgan fingerprint density at radius 2 is 1.53 bits per heavy atom. The lowest BCUT2D eigenvalue weighted by atomic mass is 9.86. The van der Waals surface area contributed by atoms with Crippen molar-refractivity contribution in [2.24, 2.45) is 10.2 Å². The molecule has 3 heterocycles. The van der Waals surface area contributed by atoms with Gasteiger partial charge in [-0.3, -0.25) is 9.97 Å². The highest BCUT2D eigenvalue weighted by atomic mass is 15.2. The Kier molecular flexibility index (Phi) is 2.26. The molecular formula is C13H10N4. The van der Waals surface area contributed by atoms with E-state index in [0.29, 0.717) is 0 Å². The first-order valence-corrected chi connectivity index (χ1v) is 5.32. The third kappa shape index (κ3) is 1.54. The van der Waals surface area contributed by atoms with Gasteiger partial charge in [0.15, 0.2) is 5.54 Å². The fourth-order valence-electron chi connectivity index (χ4n) is 1.95. The summed E-state index contributed by atoms with van der Waals surface area (Å²) in [7, 11) is 0. The summed E-state index contributed by atoms with van der Waals surface area (Å²) in [6.07, 6.45) is 10.8. The Morgan fingerprint density at radius 3 is 1.94 bits per heavy atom. The Balaban J connectivity index is 2.19. The molecule has 17 heavy (non-hydrogen) atoms. The SMILES string of the molecule is C1=CC(c2cccnc2)(c2cccnc2)N=N1. The first-order chi connectivity index (χ1) is 8.42. The smallest absolute Gasteiger partial charge is 0.155 e. The molecule has 3 rings (SSSR count). The largest absolute Gasteiger partial charge is 0.264 e. The van der Waals surface area contributed by atoms with Crippen LogP contribution in [0.25, 0.3) is 0 Å². The van der Waals surface area contributed by atoms with Crippen molar-refractivity contribution < 1.29 is 0 Å². The van der Waals surface area contributed by atoms with Crippen LogP contribution in [0.4, 0.5) is 0 Å². The predicted molar refractivity (Wildman–Crippen MR) is 63.3 cm³/mol. The summed E-state index contributed by atoms with van der Waals surface area (Å²) in [5.74, 6) is 0. The van der Waals surface area contributed by atoms with E-state index in [1.165, 1.54) is 0 Å². The first-order valence-electron chi connectivity index (χ1n) is 5.32. The average molecular weight is 222 g/mol. The monoisotopic (exact) mass is 222 g/mol. The van der Waals surface area contributed by atoms with Crippen LogP contribution in [0.3, 0.4) is 0 Å². The van der Waals surface area contributed by atoms with Crippen LogP contribution < -0.4 is 0 Å². The molecule has 0 aliphatic carbocycles. The Labute approximate surface area is 98.8 Å². The number of rotatable bonds is 2. The predicted octanol–water partition coefficient (Wildman–Crippen LogP) is 2.70. The van der Waals surface area contributed by atoms with Gasteiger partial charge in [0.25, 0.3) is 0 Å². The van der Waals surface area contributed by atoms with Gasteiger partial charge in [-0.1, -0.05) is 12.1 Å². The molecule has 0 amide bonds. The van der Waals surface area contributed by atoms with Crippen molar-refractivity contribution in [2.45, 2.75) is 5.54 Å². The Bertz CT molecular complexity index is 507. The maximum Gasteiger partial charge on any atom is 0.155 e. The highest BCUT2D eigenvalue weighted by Crippen LogP contribution is 2.37. The normalized spacial score (nSPS) is 16.2. The van der Waals surface area contributed by atoms with E-state index in [4.69, 9.17) is 0 Å². The van der Waals surface area contributed by atoms with Crippen LogP contribution >= 0.6 is 0 Å². The van der Waals surface area contributed by atoms with Crippen LogP contribution in [0.15, 0.2) is 71.6 Å². The summed E-state index contributed by atoms with van der Waals surface area (Å²) in [5.41, 5.74) is 1.42. The molecule has 2 aromatic heterocycles. The maximum atomic E-state index is 4.34. The number of nitrogens with zero attached hydrogens (tertiary/aromatic N) is 4. The van der Waals surface area contributed by atoms with E-state index in [-0.39, 0.29) is 0 Å². The lowest BCUT2D eigenvalue weighted by molar-refractivity contribution is 0.663. The van der Waals surface area contributed by atoms with Crippen LogP contribution in [0.2, 0.25) is 0 Å². The van der Waals surface area contributed by atoms with Crippen molar-refractivity contribution >= 4 is 0 Å². The summed E-state index contributed by atoms with van der Waals surface area (Å²) in [6, 6.07) is 7.79. The van der Waals surface area contributed by atoms with E-state index in [0.717, 1.165) is 11.1 Å². The van der Waals surface area contributed by atoms with Crippen LogP contribution in [0, 0.1) is 0 Å². The van der Waals surface area contributed by atoms with Crippen LogP contribution in [-0.2, 0) is 5.54 Å². The van der Waals surface area contributed by atoms with Gasteiger partial charge < -0.3 is 0 Å². The summed E-state index contributed by atoms with van der Waals surface area (Å²) >= 11 is 0. The van der Waals surface area contributed by atoms with E-state index in [2.05, 4.69) is 20.2 Å². The summed E-state index contributed by atoms with van der Waals surface area (Å²) in [4.78, 5) is 8.29. The van der Waals surface area contributed by atoms with E-state index in [9.17, 15) is 0 Å². The average Bonchev–Trinajstić information content (AvgIpc) is 2.91. The highest BCUT2D eigenvalue weighted by molar-refractivity contribution is 5.42. The van der Waals surface area contributed by atoms with E-state index in [1.807, 2.05) is 42.7 Å². The highest BCUT2D eigenvalue weighted by Gasteiger charge is 2.34. The summed E-state index contributed by atoms with van der Waals surface area (Å²) in [6.45, 7) is 0. The molecule has 0 unspecified atom stereocenters. The maximum absolute atomic E-state index is 4.34. The molecular weight excluding hydrogens is 212 g/mol. The second-order valence-corrected chi connectivity index (χ2v) is 3.78. The lowest BCUT2D eigenvalue weighted by Crippen LogP contribution is -2.20. The van der Waals surface area contributed by atoms with Gasteiger partial charge in [0.1, 0.15) is 0 Å². The molecule has 0 atom stereocenters. The van der Waals surface area contributed by atoms with Crippen molar-refractivity contribution in [1.29, 1.82) is 0 Å². The van der Waals surface area contributed by atoms with E-state index < -0.39 is 5.54 Å². The van der Waals surface area contributed by atoms with E-state index >= 15 is 0 Å². The van der Waals surface area contributed by atoms with Crippen LogP contribution in [0.1, 0.15) is 11.1 Å². The second-order valence-electron chi connectivity index (χ2n) is 3.78. The van der Waals surface area contributed by atoms with Gasteiger partial charge in [-0.05, 0) is 18.2 Å². The second kappa shape index (κ2) is 3.90. The Morgan fingerprint density at radius 1 is 0.882 bits per heavy atom. The zero-order valence-electron chi connectivity index (χ0n) is 9.06. The van der Waals surface area contributed by atoms with Crippen LogP contribution in [0.5, 0.6) is 0 Å². The molecule has 2 aromatic rings. The van der Waals surface area contributed by atoms with Crippen molar-refractivity contribution in [3.8, 4) is 0 Å². The van der Waals surface area contributed by atoms with Crippen molar-refractivity contribution in [2.75, 3.05) is 0 Å². The molecule has 0 spiro atoms. The van der Waals surface area contributed by atoms with Gasteiger partial charge in [0, 0.05) is 42.1 Å². The number of hydrogen-bond acceptors (Lipinski definition) is 4. The van der Waals surface area contributed by atoms with Gasteiger partial charge in [-0.25, -0.2) is 0 Å². The topological polar surface area (TPSA) is 50.5 Å². The third-order valence-electron chi connectivity index (χ3n) is 2.80. The van der Waals surface area contributed by atoms with Gasteiger partial charge in [-0.15, -0.1) is 0 Å². The number of azo groups is 1. The van der Waals surface area contributed by atoms with Crippen LogP contribution in [-0.4, -0.2) is 9.97 Å². The van der Waals surface area contributed by atoms with Gasteiger partial charge in [0.05, 0.1) is 0 Å². The van der Waals surface area contributed by atoms with Crippen molar-refractivity contribution in [1.82, 2.24) is 9.97 Å². The number of aromatic nitrogens is 2. The Hall–Kier alpha value is -2.36. The molecule has 1 aliphatic heterocycles. The first kappa shape index (κ1) is 9.84. The number of pyridine rings is 2. The molecule has 0 bridgehead atoms. The summed E-state index contributed by atoms with van der Waals surface area (Å²) in [5, 5.41) is 8.32. The minimum atomic E-state index is -0.567. The molecule has 4 heteroatoms. The van der Waals surface area contributed by atoms with Gasteiger partial charge in [0.2, 0.25) is 0 Å². The fourth-order valence-corrected chi connectivity index (χ4v) is 1.95. The van der Waals surface area contributed by atoms with E-state index in [1.54, 1.807) is 18.6 Å². The molecule has 0 N–H and O–H groups in total. The molecule has 0 aromatic carbocycles. The van der Waals surface area contributed by atoms with Crippen molar-refractivity contribution in [3.63, 3.8) is 0 Å². The van der Waals surface area contributed by atoms with Gasteiger partial charge in [-0.2, -0.15) is 10.2 Å².